The van der Waals surface area contributed by atoms with Crippen LogP contribution in [0, 0.1) is 0 Å². The Morgan fingerprint density at radius 3 is 2.67 bits per heavy atom. The lowest BCUT2D eigenvalue weighted by Gasteiger charge is -2.20. The maximum Gasteiger partial charge on any atom is 0.0564 e. The molecule has 2 nitrogen and oxygen atoms in total. The van der Waals surface area contributed by atoms with E-state index in [1.165, 1.54) is 0 Å². The third-order valence-electron chi connectivity index (χ3n) is 1.93. The molecule has 0 heterocycles. The Bertz CT molecular complexity index is 290. The standard InChI is InChI=1S/C10H14N2/c1-3-10(2,12)8-5-4-6-9(11)7-8/h3-7H,1,11-12H2,2H3. The first-order valence-electron chi connectivity index (χ1n) is 3.85. The van der Waals surface area contributed by atoms with Gasteiger partial charge in [0.15, 0.2) is 0 Å². The van der Waals surface area contributed by atoms with Crippen LogP contribution in [0.4, 0.5) is 5.69 Å². The van der Waals surface area contributed by atoms with Crippen molar-refractivity contribution in [2.24, 2.45) is 5.73 Å². The average Bonchev–Trinajstić information content (AvgIpc) is 2.05. The van der Waals surface area contributed by atoms with Crippen molar-refractivity contribution in [3.8, 4) is 0 Å². The minimum atomic E-state index is -0.491. The fraction of sp³-hybridized carbons (Fsp3) is 0.200. The first kappa shape index (κ1) is 8.81. The lowest BCUT2D eigenvalue weighted by atomic mass is 9.93. The molecule has 1 atom stereocenters. The molecule has 12 heavy (non-hydrogen) atoms. The van der Waals surface area contributed by atoms with Gasteiger partial charge in [-0.2, -0.15) is 0 Å². The van der Waals surface area contributed by atoms with Gasteiger partial charge in [0.1, 0.15) is 0 Å². The molecular formula is C10H14N2. The highest BCUT2D eigenvalue weighted by Gasteiger charge is 2.15. The molecule has 0 radical (unpaired) electrons. The largest absolute Gasteiger partial charge is 0.399 e. The first-order chi connectivity index (χ1) is 5.56. The van der Waals surface area contributed by atoms with Crippen LogP contribution < -0.4 is 11.5 Å². The van der Waals surface area contributed by atoms with Gasteiger partial charge >= 0.3 is 0 Å². The summed E-state index contributed by atoms with van der Waals surface area (Å²) in [5, 5.41) is 0. The SMILES string of the molecule is C=CC(C)(N)c1cccc(N)c1. The summed E-state index contributed by atoms with van der Waals surface area (Å²) in [7, 11) is 0. The molecule has 0 aliphatic carbocycles. The number of nitrogens with two attached hydrogens (primary N) is 2. The summed E-state index contributed by atoms with van der Waals surface area (Å²) in [6, 6.07) is 7.53. The topological polar surface area (TPSA) is 52.0 Å². The van der Waals surface area contributed by atoms with Gasteiger partial charge < -0.3 is 11.5 Å². The normalized spacial score (nSPS) is 15.2. The smallest absolute Gasteiger partial charge is 0.0564 e. The number of hydrogen-bond acceptors (Lipinski definition) is 2. The van der Waals surface area contributed by atoms with Gasteiger partial charge in [-0.3, -0.25) is 0 Å². The molecule has 0 aromatic heterocycles. The van der Waals surface area contributed by atoms with Crippen molar-refractivity contribution in [3.63, 3.8) is 0 Å². The van der Waals surface area contributed by atoms with E-state index >= 15 is 0 Å². The van der Waals surface area contributed by atoms with Gasteiger partial charge in [-0.05, 0) is 24.6 Å². The lowest BCUT2D eigenvalue weighted by molar-refractivity contribution is 0.632. The van der Waals surface area contributed by atoms with Crippen molar-refractivity contribution in [1.29, 1.82) is 0 Å². The Morgan fingerprint density at radius 1 is 1.50 bits per heavy atom. The van der Waals surface area contributed by atoms with E-state index in [1.807, 2.05) is 31.2 Å². The molecule has 4 N–H and O–H groups in total. The second kappa shape index (κ2) is 2.99. The molecule has 2 heteroatoms. The van der Waals surface area contributed by atoms with E-state index in [-0.39, 0.29) is 0 Å². The molecule has 0 spiro atoms. The summed E-state index contributed by atoms with van der Waals surface area (Å²) in [5.41, 5.74) is 12.8. The Kier molecular flexibility index (Phi) is 2.20. The monoisotopic (exact) mass is 162 g/mol. The highest BCUT2D eigenvalue weighted by atomic mass is 14.7. The van der Waals surface area contributed by atoms with Gasteiger partial charge in [0.2, 0.25) is 0 Å². The second-order valence-corrected chi connectivity index (χ2v) is 3.11. The summed E-state index contributed by atoms with van der Waals surface area (Å²) in [5.74, 6) is 0. The quantitative estimate of drug-likeness (QED) is 0.513. The molecule has 0 saturated heterocycles. The number of benzene rings is 1. The third kappa shape index (κ3) is 1.66. The Morgan fingerprint density at radius 2 is 2.17 bits per heavy atom. The molecule has 64 valence electrons. The van der Waals surface area contributed by atoms with Crippen molar-refractivity contribution in [1.82, 2.24) is 0 Å². The predicted molar refractivity (Wildman–Crippen MR) is 52.6 cm³/mol. The van der Waals surface area contributed by atoms with Crippen LogP contribution >= 0.6 is 0 Å². The Labute approximate surface area is 72.9 Å². The van der Waals surface area contributed by atoms with E-state index < -0.39 is 5.54 Å². The minimum absolute atomic E-state index is 0.491. The van der Waals surface area contributed by atoms with Crippen LogP contribution in [0.15, 0.2) is 36.9 Å². The van der Waals surface area contributed by atoms with Crippen LogP contribution in [0.25, 0.3) is 0 Å². The fourth-order valence-corrected chi connectivity index (χ4v) is 0.992. The Balaban J connectivity index is 3.11. The minimum Gasteiger partial charge on any atom is -0.399 e. The first-order valence-corrected chi connectivity index (χ1v) is 3.85. The van der Waals surface area contributed by atoms with E-state index in [4.69, 9.17) is 11.5 Å². The number of hydrogen-bond donors (Lipinski definition) is 2. The molecule has 0 saturated carbocycles. The summed E-state index contributed by atoms with van der Waals surface area (Å²) in [6.45, 7) is 5.57. The zero-order chi connectivity index (χ0) is 9.19. The van der Waals surface area contributed by atoms with Gasteiger partial charge in [-0.15, -0.1) is 6.58 Å². The summed E-state index contributed by atoms with van der Waals surface area (Å²) < 4.78 is 0. The summed E-state index contributed by atoms with van der Waals surface area (Å²) in [4.78, 5) is 0. The van der Waals surface area contributed by atoms with Gasteiger partial charge in [0.25, 0.3) is 0 Å². The maximum absolute atomic E-state index is 5.93. The predicted octanol–water partition coefficient (Wildman–Crippen LogP) is 1.63. The second-order valence-electron chi connectivity index (χ2n) is 3.11. The molecule has 0 bridgehead atoms. The van der Waals surface area contributed by atoms with Gasteiger partial charge in [-0.25, -0.2) is 0 Å². The van der Waals surface area contributed by atoms with Crippen molar-refractivity contribution in [2.45, 2.75) is 12.5 Å². The van der Waals surface area contributed by atoms with E-state index in [0.717, 1.165) is 11.3 Å². The van der Waals surface area contributed by atoms with E-state index in [2.05, 4.69) is 6.58 Å². The number of anilines is 1. The maximum atomic E-state index is 5.93. The molecule has 1 unspecified atom stereocenters. The molecule has 1 aromatic carbocycles. The van der Waals surface area contributed by atoms with Crippen LogP contribution in [0.5, 0.6) is 0 Å². The van der Waals surface area contributed by atoms with Crippen LogP contribution in [-0.2, 0) is 5.54 Å². The van der Waals surface area contributed by atoms with Gasteiger partial charge in [-0.1, -0.05) is 18.2 Å². The molecule has 1 rings (SSSR count). The zero-order valence-electron chi connectivity index (χ0n) is 7.25. The van der Waals surface area contributed by atoms with Crippen LogP contribution in [0.1, 0.15) is 12.5 Å². The molecule has 0 amide bonds. The van der Waals surface area contributed by atoms with Crippen molar-refractivity contribution < 1.29 is 0 Å². The fourth-order valence-electron chi connectivity index (χ4n) is 0.992. The van der Waals surface area contributed by atoms with Crippen molar-refractivity contribution >= 4 is 5.69 Å². The molecular weight excluding hydrogens is 148 g/mol. The third-order valence-corrected chi connectivity index (χ3v) is 1.93. The van der Waals surface area contributed by atoms with Crippen LogP contribution in [0.2, 0.25) is 0 Å². The average molecular weight is 162 g/mol. The van der Waals surface area contributed by atoms with Crippen molar-refractivity contribution in [3.05, 3.63) is 42.5 Å². The Hall–Kier alpha value is -1.28. The van der Waals surface area contributed by atoms with Crippen LogP contribution in [0.3, 0.4) is 0 Å². The summed E-state index contributed by atoms with van der Waals surface area (Å²) >= 11 is 0. The van der Waals surface area contributed by atoms with Gasteiger partial charge in [0, 0.05) is 5.69 Å². The number of rotatable bonds is 2. The molecule has 1 aromatic rings. The van der Waals surface area contributed by atoms with Crippen molar-refractivity contribution in [2.75, 3.05) is 5.73 Å². The molecule has 0 aliphatic heterocycles. The zero-order valence-corrected chi connectivity index (χ0v) is 7.25. The van der Waals surface area contributed by atoms with E-state index in [0.29, 0.717) is 0 Å². The van der Waals surface area contributed by atoms with Crippen LogP contribution in [-0.4, -0.2) is 0 Å². The highest BCUT2D eigenvalue weighted by molar-refractivity contribution is 5.44. The van der Waals surface area contributed by atoms with E-state index in [9.17, 15) is 0 Å². The molecule has 0 aliphatic rings. The lowest BCUT2D eigenvalue weighted by Crippen LogP contribution is -2.29. The summed E-state index contributed by atoms with van der Waals surface area (Å²) in [6.07, 6.45) is 1.71. The van der Waals surface area contributed by atoms with Gasteiger partial charge in [0.05, 0.1) is 5.54 Å². The molecule has 0 fully saturated rings. The number of nitrogen functional groups attached to an aromatic ring is 1. The highest BCUT2D eigenvalue weighted by Crippen LogP contribution is 2.20. The van der Waals surface area contributed by atoms with E-state index in [1.54, 1.807) is 6.08 Å².